The first kappa shape index (κ1) is 11.5. The van der Waals surface area contributed by atoms with Crippen molar-refractivity contribution in [3.05, 3.63) is 0 Å². The van der Waals surface area contributed by atoms with Crippen LogP contribution < -0.4 is 5.73 Å². The molecule has 0 fully saturated rings. The van der Waals surface area contributed by atoms with Gasteiger partial charge in [-0.15, -0.1) is 6.42 Å². The maximum absolute atomic E-state index is 5.43. The molecule has 0 aromatic rings. The highest BCUT2D eigenvalue weighted by Gasteiger charge is 2.08. The molecule has 0 saturated heterocycles. The maximum atomic E-state index is 5.43. The third kappa shape index (κ3) is 4.38. The zero-order chi connectivity index (χ0) is 9.40. The molecule has 2 N–H and O–H groups in total. The van der Waals surface area contributed by atoms with Gasteiger partial charge in [-0.05, 0) is 32.9 Å². The van der Waals surface area contributed by atoms with Crippen LogP contribution in [0, 0.1) is 12.3 Å². The monoisotopic (exact) mass is 168 g/mol. The molecule has 0 aromatic carbocycles. The number of hydrogen-bond donors (Lipinski definition) is 1. The van der Waals surface area contributed by atoms with Crippen molar-refractivity contribution in [3.8, 4) is 12.3 Å². The lowest BCUT2D eigenvalue weighted by molar-refractivity contribution is 0.234. The van der Waals surface area contributed by atoms with Crippen LogP contribution in [0.25, 0.3) is 0 Å². The summed E-state index contributed by atoms with van der Waals surface area (Å²) in [7, 11) is 0. The van der Waals surface area contributed by atoms with E-state index in [1.807, 2.05) is 0 Å². The molecular weight excluding hydrogens is 148 g/mol. The van der Waals surface area contributed by atoms with Crippen molar-refractivity contribution in [2.45, 2.75) is 32.7 Å². The fraction of sp³-hybridized carbons (Fsp3) is 0.800. The average Bonchev–Trinajstić information content (AvgIpc) is 2.10. The van der Waals surface area contributed by atoms with E-state index in [1.165, 1.54) is 0 Å². The second-order valence-electron chi connectivity index (χ2n) is 3.05. The molecule has 2 heteroatoms. The van der Waals surface area contributed by atoms with Gasteiger partial charge in [-0.1, -0.05) is 12.8 Å². The van der Waals surface area contributed by atoms with E-state index in [9.17, 15) is 0 Å². The molecular formula is C10H20N2. The third-order valence-corrected chi connectivity index (χ3v) is 2.15. The topological polar surface area (TPSA) is 29.3 Å². The summed E-state index contributed by atoms with van der Waals surface area (Å²) < 4.78 is 0. The molecule has 1 unspecified atom stereocenters. The summed E-state index contributed by atoms with van der Waals surface area (Å²) in [5, 5.41) is 0. The fourth-order valence-corrected chi connectivity index (χ4v) is 1.29. The van der Waals surface area contributed by atoms with Gasteiger partial charge in [0.1, 0.15) is 0 Å². The predicted octanol–water partition coefficient (Wildman–Crippen LogP) is 1.07. The Balaban J connectivity index is 3.70. The van der Waals surface area contributed by atoms with Gasteiger partial charge in [0.05, 0.1) is 6.54 Å². The van der Waals surface area contributed by atoms with Crippen LogP contribution in [-0.4, -0.2) is 30.6 Å². The summed E-state index contributed by atoms with van der Waals surface area (Å²) in [6.45, 7) is 6.89. The lowest BCUT2D eigenvalue weighted by Gasteiger charge is -2.25. The van der Waals surface area contributed by atoms with Crippen LogP contribution in [-0.2, 0) is 0 Å². The minimum Gasteiger partial charge on any atom is -0.330 e. The molecule has 0 rings (SSSR count). The van der Waals surface area contributed by atoms with E-state index < -0.39 is 0 Å². The summed E-state index contributed by atoms with van der Waals surface area (Å²) in [5.41, 5.74) is 5.43. The van der Waals surface area contributed by atoms with E-state index in [-0.39, 0.29) is 0 Å². The molecule has 0 heterocycles. The largest absolute Gasteiger partial charge is 0.330 e. The number of terminal acetylenes is 1. The van der Waals surface area contributed by atoms with Gasteiger partial charge in [0.2, 0.25) is 0 Å². The van der Waals surface area contributed by atoms with Gasteiger partial charge < -0.3 is 5.73 Å². The zero-order valence-electron chi connectivity index (χ0n) is 8.21. The highest BCUT2D eigenvalue weighted by Crippen LogP contribution is 2.04. The number of nitrogens with zero attached hydrogens (tertiary/aromatic N) is 1. The first-order valence-electron chi connectivity index (χ1n) is 4.63. The summed E-state index contributed by atoms with van der Waals surface area (Å²) in [6.07, 6.45) is 7.49. The van der Waals surface area contributed by atoms with Crippen molar-refractivity contribution in [2.75, 3.05) is 19.6 Å². The lowest BCUT2D eigenvalue weighted by Crippen LogP contribution is -2.33. The lowest BCUT2D eigenvalue weighted by atomic mass is 10.1. The highest BCUT2D eigenvalue weighted by molar-refractivity contribution is 4.89. The van der Waals surface area contributed by atoms with Gasteiger partial charge in [-0.25, -0.2) is 0 Å². The van der Waals surface area contributed by atoms with E-state index in [2.05, 4.69) is 24.7 Å². The average molecular weight is 168 g/mol. The molecule has 0 aliphatic rings. The van der Waals surface area contributed by atoms with Crippen LogP contribution in [0.1, 0.15) is 26.7 Å². The predicted molar refractivity (Wildman–Crippen MR) is 53.8 cm³/mol. The Labute approximate surface area is 76.1 Å². The Morgan fingerprint density at radius 2 is 2.25 bits per heavy atom. The van der Waals surface area contributed by atoms with Crippen molar-refractivity contribution < 1.29 is 0 Å². The molecule has 0 spiro atoms. The van der Waals surface area contributed by atoms with Gasteiger partial charge in [-0.3, -0.25) is 4.90 Å². The maximum Gasteiger partial charge on any atom is 0.0601 e. The molecule has 2 nitrogen and oxygen atoms in total. The third-order valence-electron chi connectivity index (χ3n) is 2.15. The summed E-state index contributed by atoms with van der Waals surface area (Å²) in [5.74, 6) is 2.67. The minimum absolute atomic E-state index is 0.564. The van der Waals surface area contributed by atoms with Crippen LogP contribution in [0.4, 0.5) is 0 Å². The molecule has 70 valence electrons. The van der Waals surface area contributed by atoms with E-state index in [4.69, 9.17) is 12.2 Å². The van der Waals surface area contributed by atoms with Crippen LogP contribution in [0.15, 0.2) is 0 Å². The van der Waals surface area contributed by atoms with Crippen LogP contribution in [0.3, 0.4) is 0 Å². The Kier molecular flexibility index (Phi) is 6.84. The molecule has 0 aliphatic carbocycles. The van der Waals surface area contributed by atoms with Gasteiger partial charge in [0, 0.05) is 6.04 Å². The van der Waals surface area contributed by atoms with E-state index >= 15 is 0 Å². The smallest absolute Gasteiger partial charge is 0.0601 e. The molecule has 0 aliphatic heterocycles. The molecule has 1 atom stereocenters. The Morgan fingerprint density at radius 1 is 1.58 bits per heavy atom. The summed E-state index contributed by atoms with van der Waals surface area (Å²) >= 11 is 0. The van der Waals surface area contributed by atoms with Crippen molar-refractivity contribution in [2.24, 2.45) is 5.73 Å². The second-order valence-corrected chi connectivity index (χ2v) is 3.05. The number of rotatable bonds is 6. The number of nitrogens with two attached hydrogens (primary N) is 1. The first-order valence-corrected chi connectivity index (χ1v) is 4.63. The van der Waals surface area contributed by atoms with Crippen LogP contribution in [0.2, 0.25) is 0 Å². The Hall–Kier alpha value is -0.520. The summed E-state index contributed by atoms with van der Waals surface area (Å²) in [4.78, 5) is 2.29. The van der Waals surface area contributed by atoms with Gasteiger partial charge in [0.15, 0.2) is 0 Å². The normalized spacial score (nSPS) is 12.9. The van der Waals surface area contributed by atoms with E-state index in [0.717, 1.165) is 32.5 Å². The van der Waals surface area contributed by atoms with Crippen molar-refractivity contribution in [3.63, 3.8) is 0 Å². The van der Waals surface area contributed by atoms with Crippen molar-refractivity contribution >= 4 is 0 Å². The molecule has 0 aromatic heterocycles. The Bertz CT molecular complexity index is 137. The SMILES string of the molecule is C#CCN(CC)C(C)CCCN. The first-order chi connectivity index (χ1) is 5.76. The van der Waals surface area contributed by atoms with Gasteiger partial charge in [-0.2, -0.15) is 0 Å². The van der Waals surface area contributed by atoms with Gasteiger partial charge >= 0.3 is 0 Å². The van der Waals surface area contributed by atoms with E-state index in [0.29, 0.717) is 6.04 Å². The Morgan fingerprint density at radius 3 is 2.67 bits per heavy atom. The molecule has 12 heavy (non-hydrogen) atoms. The van der Waals surface area contributed by atoms with Crippen molar-refractivity contribution in [1.29, 1.82) is 0 Å². The quantitative estimate of drug-likeness (QED) is 0.601. The standard InChI is InChI=1S/C10H20N2/c1-4-9-12(5-2)10(3)7-6-8-11/h1,10H,5-9,11H2,2-3H3. The zero-order valence-corrected chi connectivity index (χ0v) is 8.21. The molecule has 0 saturated carbocycles. The second kappa shape index (κ2) is 7.15. The van der Waals surface area contributed by atoms with Crippen molar-refractivity contribution in [1.82, 2.24) is 4.90 Å². The number of hydrogen-bond acceptors (Lipinski definition) is 2. The molecule has 0 bridgehead atoms. The highest BCUT2D eigenvalue weighted by atomic mass is 15.1. The summed E-state index contributed by atoms with van der Waals surface area (Å²) in [6, 6.07) is 0.564. The van der Waals surface area contributed by atoms with E-state index in [1.54, 1.807) is 0 Å². The van der Waals surface area contributed by atoms with Crippen LogP contribution in [0.5, 0.6) is 0 Å². The molecule has 0 radical (unpaired) electrons. The molecule has 0 amide bonds. The van der Waals surface area contributed by atoms with Crippen LogP contribution >= 0.6 is 0 Å². The minimum atomic E-state index is 0.564. The fourth-order valence-electron chi connectivity index (χ4n) is 1.29. The van der Waals surface area contributed by atoms with Gasteiger partial charge in [0.25, 0.3) is 0 Å².